The fourth-order valence-corrected chi connectivity index (χ4v) is 2.86. The van der Waals surface area contributed by atoms with E-state index in [4.69, 9.17) is 11.6 Å². The van der Waals surface area contributed by atoms with Gasteiger partial charge in [0.2, 0.25) is 5.95 Å². The number of hydrogen-bond acceptors (Lipinski definition) is 4. The number of carbonyl (C=O) groups excluding carboxylic acids is 1. The molecule has 0 aliphatic carbocycles. The first-order chi connectivity index (χ1) is 12.9. The first kappa shape index (κ1) is 18.9. The van der Waals surface area contributed by atoms with Crippen LogP contribution in [0.15, 0.2) is 48.5 Å². The van der Waals surface area contributed by atoms with Gasteiger partial charge in [-0.25, -0.2) is 9.97 Å². The quantitative estimate of drug-likeness (QED) is 0.659. The Bertz CT molecular complexity index is 950. The summed E-state index contributed by atoms with van der Waals surface area (Å²) in [4.78, 5) is 21.4. The summed E-state index contributed by atoms with van der Waals surface area (Å²) in [5.74, 6) is 0.157. The van der Waals surface area contributed by atoms with Crippen molar-refractivity contribution in [1.29, 1.82) is 0 Å². The van der Waals surface area contributed by atoms with Gasteiger partial charge in [0, 0.05) is 22.9 Å². The average molecular weight is 381 g/mol. The SMILES string of the molecule is Cc1cc(C(=O)Nc2c(C)cccc2C)nc(NCc2ccc(Cl)cc2)n1. The summed E-state index contributed by atoms with van der Waals surface area (Å²) in [6.07, 6.45) is 0. The molecule has 0 bridgehead atoms. The van der Waals surface area contributed by atoms with Crippen molar-refractivity contribution in [3.63, 3.8) is 0 Å². The van der Waals surface area contributed by atoms with Crippen LogP contribution in [-0.2, 0) is 6.54 Å². The highest BCUT2D eigenvalue weighted by molar-refractivity contribution is 6.30. The molecule has 2 N–H and O–H groups in total. The lowest BCUT2D eigenvalue weighted by molar-refractivity contribution is 0.102. The van der Waals surface area contributed by atoms with Crippen molar-refractivity contribution >= 4 is 29.1 Å². The Morgan fingerprint density at radius 1 is 1.00 bits per heavy atom. The Morgan fingerprint density at radius 2 is 1.67 bits per heavy atom. The van der Waals surface area contributed by atoms with Gasteiger partial charge in [-0.2, -0.15) is 0 Å². The van der Waals surface area contributed by atoms with E-state index in [1.807, 2.05) is 63.2 Å². The maximum absolute atomic E-state index is 12.7. The van der Waals surface area contributed by atoms with Crippen molar-refractivity contribution in [1.82, 2.24) is 9.97 Å². The topological polar surface area (TPSA) is 66.9 Å². The van der Waals surface area contributed by atoms with E-state index in [2.05, 4.69) is 20.6 Å². The van der Waals surface area contributed by atoms with Crippen molar-refractivity contribution < 1.29 is 4.79 Å². The van der Waals surface area contributed by atoms with Gasteiger partial charge in [0.1, 0.15) is 5.69 Å². The van der Waals surface area contributed by atoms with E-state index >= 15 is 0 Å². The Kier molecular flexibility index (Phi) is 5.72. The van der Waals surface area contributed by atoms with Crippen LogP contribution in [0.3, 0.4) is 0 Å². The number of rotatable bonds is 5. The number of aryl methyl sites for hydroxylation is 3. The second-order valence-corrected chi connectivity index (χ2v) is 6.86. The van der Waals surface area contributed by atoms with Gasteiger partial charge in [-0.1, -0.05) is 41.9 Å². The maximum atomic E-state index is 12.7. The summed E-state index contributed by atoms with van der Waals surface area (Å²) in [5, 5.41) is 6.81. The molecule has 1 aromatic heterocycles. The lowest BCUT2D eigenvalue weighted by atomic mass is 10.1. The highest BCUT2D eigenvalue weighted by atomic mass is 35.5. The predicted molar refractivity (Wildman–Crippen MR) is 109 cm³/mol. The number of nitrogens with one attached hydrogen (secondary N) is 2. The van der Waals surface area contributed by atoms with Crippen LogP contribution in [0.25, 0.3) is 0 Å². The van der Waals surface area contributed by atoms with E-state index < -0.39 is 0 Å². The van der Waals surface area contributed by atoms with Crippen molar-refractivity contribution in [2.75, 3.05) is 10.6 Å². The van der Waals surface area contributed by atoms with E-state index in [1.54, 1.807) is 6.07 Å². The molecule has 0 atom stereocenters. The molecular weight excluding hydrogens is 360 g/mol. The minimum atomic E-state index is -0.257. The number of nitrogens with zero attached hydrogens (tertiary/aromatic N) is 2. The third-order valence-corrected chi connectivity index (χ3v) is 4.42. The van der Waals surface area contributed by atoms with Crippen LogP contribution in [0.5, 0.6) is 0 Å². The second kappa shape index (κ2) is 8.18. The van der Waals surface area contributed by atoms with Gasteiger partial charge in [-0.15, -0.1) is 0 Å². The second-order valence-electron chi connectivity index (χ2n) is 6.42. The number of halogens is 1. The molecule has 0 saturated carbocycles. The zero-order valence-corrected chi connectivity index (χ0v) is 16.3. The summed E-state index contributed by atoms with van der Waals surface area (Å²) in [6, 6.07) is 15.1. The first-order valence-corrected chi connectivity index (χ1v) is 9.02. The Morgan fingerprint density at radius 3 is 2.33 bits per heavy atom. The van der Waals surface area contributed by atoms with E-state index in [1.165, 1.54) is 0 Å². The maximum Gasteiger partial charge on any atom is 0.274 e. The number of amides is 1. The number of benzene rings is 2. The molecule has 0 unspecified atom stereocenters. The molecule has 3 aromatic rings. The van der Waals surface area contributed by atoms with Gasteiger partial charge in [-0.3, -0.25) is 4.79 Å². The molecule has 0 aliphatic rings. The fraction of sp³-hybridized carbons (Fsp3) is 0.190. The van der Waals surface area contributed by atoms with Gasteiger partial charge < -0.3 is 10.6 Å². The molecule has 6 heteroatoms. The first-order valence-electron chi connectivity index (χ1n) is 8.64. The molecular formula is C21H21ClN4O. The van der Waals surface area contributed by atoms with Crippen LogP contribution in [0.2, 0.25) is 5.02 Å². The van der Waals surface area contributed by atoms with Gasteiger partial charge >= 0.3 is 0 Å². The van der Waals surface area contributed by atoms with Crippen LogP contribution < -0.4 is 10.6 Å². The normalized spacial score (nSPS) is 10.5. The Labute approximate surface area is 163 Å². The molecule has 27 heavy (non-hydrogen) atoms. The lowest BCUT2D eigenvalue weighted by Crippen LogP contribution is -2.17. The molecule has 1 amide bonds. The number of carbonyl (C=O) groups is 1. The number of hydrogen-bond donors (Lipinski definition) is 2. The summed E-state index contributed by atoms with van der Waals surface area (Å²) < 4.78 is 0. The largest absolute Gasteiger partial charge is 0.350 e. The molecule has 0 spiro atoms. The zero-order chi connectivity index (χ0) is 19.4. The summed E-state index contributed by atoms with van der Waals surface area (Å²) in [7, 11) is 0. The molecule has 0 radical (unpaired) electrons. The fourth-order valence-electron chi connectivity index (χ4n) is 2.74. The average Bonchev–Trinajstić information content (AvgIpc) is 2.64. The smallest absolute Gasteiger partial charge is 0.274 e. The molecule has 3 rings (SSSR count). The third kappa shape index (κ3) is 4.83. The van der Waals surface area contributed by atoms with Crippen molar-refractivity contribution in [2.45, 2.75) is 27.3 Å². The van der Waals surface area contributed by atoms with E-state index in [-0.39, 0.29) is 5.91 Å². The highest BCUT2D eigenvalue weighted by Gasteiger charge is 2.13. The van der Waals surface area contributed by atoms with Gasteiger partial charge in [0.25, 0.3) is 5.91 Å². The standard InChI is InChI=1S/C21H21ClN4O/c1-13-5-4-6-14(2)19(13)26-20(27)18-11-15(3)24-21(25-18)23-12-16-7-9-17(22)10-8-16/h4-11H,12H2,1-3H3,(H,26,27)(H,23,24,25). The van der Waals surface area contributed by atoms with Crippen LogP contribution >= 0.6 is 11.6 Å². The number of para-hydroxylation sites is 1. The van der Waals surface area contributed by atoms with E-state index in [0.717, 1.165) is 28.1 Å². The molecule has 0 saturated heterocycles. The Hall–Kier alpha value is -2.92. The van der Waals surface area contributed by atoms with Crippen molar-refractivity contribution in [3.05, 3.63) is 81.6 Å². The Balaban J connectivity index is 1.76. The molecule has 1 heterocycles. The zero-order valence-electron chi connectivity index (χ0n) is 15.5. The van der Waals surface area contributed by atoms with Crippen LogP contribution in [0.4, 0.5) is 11.6 Å². The van der Waals surface area contributed by atoms with Gasteiger partial charge in [0.15, 0.2) is 0 Å². The van der Waals surface area contributed by atoms with Crippen molar-refractivity contribution in [3.8, 4) is 0 Å². The molecule has 0 aliphatic heterocycles. The summed E-state index contributed by atoms with van der Waals surface area (Å²) >= 11 is 5.90. The number of anilines is 2. The molecule has 2 aromatic carbocycles. The minimum absolute atomic E-state index is 0.257. The molecule has 0 fully saturated rings. The van der Waals surface area contributed by atoms with Crippen LogP contribution in [-0.4, -0.2) is 15.9 Å². The highest BCUT2D eigenvalue weighted by Crippen LogP contribution is 2.20. The van der Waals surface area contributed by atoms with E-state index in [9.17, 15) is 4.79 Å². The number of aromatic nitrogens is 2. The van der Waals surface area contributed by atoms with Gasteiger partial charge in [0.05, 0.1) is 0 Å². The monoisotopic (exact) mass is 380 g/mol. The lowest BCUT2D eigenvalue weighted by Gasteiger charge is -2.12. The van der Waals surface area contributed by atoms with Gasteiger partial charge in [-0.05, 0) is 55.7 Å². The molecule has 138 valence electrons. The van der Waals surface area contributed by atoms with E-state index in [0.29, 0.717) is 23.2 Å². The third-order valence-electron chi connectivity index (χ3n) is 4.17. The molecule has 5 nitrogen and oxygen atoms in total. The van der Waals surface area contributed by atoms with Crippen molar-refractivity contribution in [2.24, 2.45) is 0 Å². The minimum Gasteiger partial charge on any atom is -0.350 e. The predicted octanol–water partition coefficient (Wildman–Crippen LogP) is 4.92. The summed E-state index contributed by atoms with van der Waals surface area (Å²) in [5.41, 5.74) is 4.92. The van der Waals surface area contributed by atoms with Crippen LogP contribution in [0, 0.1) is 20.8 Å². The van der Waals surface area contributed by atoms with Crippen LogP contribution in [0.1, 0.15) is 32.9 Å². The summed E-state index contributed by atoms with van der Waals surface area (Å²) in [6.45, 7) is 6.31.